The molecule has 0 aromatic heterocycles. The molecule has 1 amide bonds. The monoisotopic (exact) mass is 199 g/mol. The van der Waals surface area contributed by atoms with Crippen LogP contribution in [0.15, 0.2) is 0 Å². The first kappa shape index (κ1) is 11.5. The maximum Gasteiger partial charge on any atom is 0.478 e. The third-order valence-corrected chi connectivity index (χ3v) is 2.82. The molecule has 0 aromatic carbocycles. The highest BCUT2D eigenvalue weighted by atomic mass is 16.7. The van der Waals surface area contributed by atoms with E-state index in [0.29, 0.717) is 6.44 Å². The molecule has 0 spiro atoms. The van der Waals surface area contributed by atoms with Crippen LogP contribution >= 0.6 is 0 Å². The zero-order valence-electron chi connectivity index (χ0n) is 9.51. The second-order valence-corrected chi connectivity index (χ2v) is 4.62. The van der Waals surface area contributed by atoms with Gasteiger partial charge in [0, 0.05) is 6.92 Å². The van der Waals surface area contributed by atoms with Gasteiger partial charge in [0.05, 0.1) is 17.6 Å². The zero-order chi connectivity index (χ0) is 11.0. The predicted molar refractivity (Wildman–Crippen MR) is 54.8 cm³/mol. The lowest BCUT2D eigenvalue weighted by molar-refractivity contribution is -0.118. The van der Waals surface area contributed by atoms with Crippen LogP contribution in [0.4, 0.5) is 0 Å². The van der Waals surface area contributed by atoms with Crippen molar-refractivity contribution in [1.29, 1.82) is 0 Å². The third kappa shape index (κ3) is 2.28. The summed E-state index contributed by atoms with van der Waals surface area (Å²) in [5, 5.41) is 2.67. The van der Waals surface area contributed by atoms with E-state index in [2.05, 4.69) is 5.32 Å². The fourth-order valence-electron chi connectivity index (χ4n) is 1.28. The highest BCUT2D eigenvalue weighted by Gasteiger charge is 2.50. The van der Waals surface area contributed by atoms with Crippen LogP contribution in [0.25, 0.3) is 0 Å². The van der Waals surface area contributed by atoms with Crippen LogP contribution in [-0.4, -0.2) is 30.7 Å². The molecule has 80 valence electrons. The van der Waals surface area contributed by atoms with Crippen molar-refractivity contribution >= 4 is 13.0 Å². The Hall–Kier alpha value is -0.545. The molecule has 0 atom stereocenters. The van der Waals surface area contributed by atoms with E-state index in [9.17, 15) is 4.79 Å². The van der Waals surface area contributed by atoms with Crippen molar-refractivity contribution in [3.8, 4) is 0 Å². The summed E-state index contributed by atoms with van der Waals surface area (Å²) in [6, 6.07) is 0. The molecule has 1 rings (SSSR count). The van der Waals surface area contributed by atoms with Gasteiger partial charge in [0.25, 0.3) is 0 Å². The Bertz CT molecular complexity index is 224. The third-order valence-electron chi connectivity index (χ3n) is 2.82. The molecule has 4 nitrogen and oxygen atoms in total. The number of amides is 1. The number of carbonyl (C=O) groups is 1. The Morgan fingerprint density at radius 1 is 1.21 bits per heavy atom. The maximum absolute atomic E-state index is 10.7. The van der Waals surface area contributed by atoms with Gasteiger partial charge < -0.3 is 14.6 Å². The van der Waals surface area contributed by atoms with E-state index in [1.807, 2.05) is 27.7 Å². The van der Waals surface area contributed by atoms with Gasteiger partial charge in [0.15, 0.2) is 0 Å². The van der Waals surface area contributed by atoms with E-state index in [-0.39, 0.29) is 24.2 Å². The minimum Gasteiger partial charge on any atom is -0.402 e. The lowest BCUT2D eigenvalue weighted by Gasteiger charge is -2.32. The van der Waals surface area contributed by atoms with Gasteiger partial charge in [-0.1, -0.05) is 0 Å². The first-order chi connectivity index (χ1) is 6.24. The highest BCUT2D eigenvalue weighted by molar-refractivity contribution is 6.46. The summed E-state index contributed by atoms with van der Waals surface area (Å²) < 4.78 is 11.4. The minimum absolute atomic E-state index is 0.0697. The van der Waals surface area contributed by atoms with Gasteiger partial charge in [-0.2, -0.15) is 0 Å². The van der Waals surface area contributed by atoms with Crippen molar-refractivity contribution in [2.45, 2.75) is 45.8 Å². The van der Waals surface area contributed by atoms with Crippen molar-refractivity contribution in [3.05, 3.63) is 0 Å². The Morgan fingerprint density at radius 3 is 2.00 bits per heavy atom. The number of hydrogen-bond donors (Lipinski definition) is 1. The van der Waals surface area contributed by atoms with E-state index in [0.717, 1.165) is 0 Å². The van der Waals surface area contributed by atoms with Crippen LogP contribution in [0, 0.1) is 0 Å². The van der Waals surface area contributed by atoms with Crippen LogP contribution in [0.2, 0.25) is 0 Å². The summed E-state index contributed by atoms with van der Waals surface area (Å²) in [6.07, 6.45) is 0.405. The van der Waals surface area contributed by atoms with Gasteiger partial charge in [-0.15, -0.1) is 0 Å². The van der Waals surface area contributed by atoms with Crippen molar-refractivity contribution < 1.29 is 14.1 Å². The largest absolute Gasteiger partial charge is 0.478 e. The molecule has 5 heteroatoms. The van der Waals surface area contributed by atoms with Crippen LogP contribution in [0.3, 0.4) is 0 Å². The molecule has 0 aromatic rings. The minimum atomic E-state index is -0.344. The molecule has 1 N–H and O–H groups in total. The van der Waals surface area contributed by atoms with Crippen LogP contribution in [0.5, 0.6) is 0 Å². The number of rotatable bonds is 2. The van der Waals surface area contributed by atoms with E-state index >= 15 is 0 Å². The lowest BCUT2D eigenvalue weighted by Crippen LogP contribution is -2.41. The molecule has 0 unspecified atom stereocenters. The number of hydrogen-bond acceptors (Lipinski definition) is 3. The summed E-state index contributed by atoms with van der Waals surface area (Å²) in [6.45, 7) is 9.42. The molecule has 1 aliphatic heterocycles. The van der Waals surface area contributed by atoms with Gasteiger partial charge in [-0.25, -0.2) is 0 Å². The molecule has 0 aliphatic carbocycles. The Morgan fingerprint density at radius 2 is 1.64 bits per heavy atom. The van der Waals surface area contributed by atoms with Crippen molar-refractivity contribution in [3.63, 3.8) is 0 Å². The van der Waals surface area contributed by atoms with Gasteiger partial charge in [0.2, 0.25) is 5.91 Å². The van der Waals surface area contributed by atoms with Crippen LogP contribution in [-0.2, 0) is 14.1 Å². The zero-order valence-corrected chi connectivity index (χ0v) is 9.51. The molecule has 0 radical (unpaired) electrons. The predicted octanol–water partition coefficient (Wildman–Crippen LogP) is 0.754. The lowest BCUT2D eigenvalue weighted by atomic mass is 9.90. The molecule has 1 heterocycles. The van der Waals surface area contributed by atoms with E-state index < -0.39 is 0 Å². The van der Waals surface area contributed by atoms with Crippen LogP contribution < -0.4 is 5.32 Å². The molecule has 1 fully saturated rings. The van der Waals surface area contributed by atoms with Crippen molar-refractivity contribution in [2.24, 2.45) is 0 Å². The molecule has 1 aliphatic rings. The standard InChI is InChI=1S/C9H18BNO3/c1-7(12)11-6-10-13-8(2,3)9(4,5)14-10/h6H2,1-5H3,(H,11,12). The second kappa shape index (κ2) is 3.55. The first-order valence-electron chi connectivity index (χ1n) is 4.85. The highest BCUT2D eigenvalue weighted by Crippen LogP contribution is 2.36. The Kier molecular flexibility index (Phi) is 2.92. The van der Waals surface area contributed by atoms with Gasteiger partial charge in [-0.3, -0.25) is 4.79 Å². The Labute approximate surface area is 85.5 Å². The van der Waals surface area contributed by atoms with Gasteiger partial charge in [0.1, 0.15) is 0 Å². The number of nitrogens with one attached hydrogen (secondary N) is 1. The smallest absolute Gasteiger partial charge is 0.402 e. The molecule has 0 bridgehead atoms. The average molecular weight is 199 g/mol. The SMILES string of the molecule is CC(=O)NCB1OC(C)(C)C(C)(C)O1. The van der Waals surface area contributed by atoms with Gasteiger partial charge in [-0.05, 0) is 27.7 Å². The van der Waals surface area contributed by atoms with Crippen LogP contribution in [0.1, 0.15) is 34.6 Å². The fourth-order valence-corrected chi connectivity index (χ4v) is 1.28. The van der Waals surface area contributed by atoms with E-state index in [4.69, 9.17) is 9.31 Å². The average Bonchev–Trinajstić information content (AvgIpc) is 2.17. The summed E-state index contributed by atoms with van der Waals surface area (Å²) in [5.41, 5.74) is -0.647. The quantitative estimate of drug-likeness (QED) is 0.667. The first-order valence-corrected chi connectivity index (χ1v) is 4.85. The van der Waals surface area contributed by atoms with Crippen molar-refractivity contribution in [2.75, 3.05) is 6.44 Å². The van der Waals surface area contributed by atoms with Crippen molar-refractivity contribution in [1.82, 2.24) is 5.32 Å². The van der Waals surface area contributed by atoms with E-state index in [1.165, 1.54) is 6.92 Å². The summed E-state index contributed by atoms with van der Waals surface area (Å²) in [4.78, 5) is 10.7. The molecular weight excluding hydrogens is 181 g/mol. The van der Waals surface area contributed by atoms with Gasteiger partial charge >= 0.3 is 7.12 Å². The molecule has 14 heavy (non-hydrogen) atoms. The molecule has 0 saturated carbocycles. The Balaban J connectivity index is 2.51. The van der Waals surface area contributed by atoms with E-state index in [1.54, 1.807) is 0 Å². The topological polar surface area (TPSA) is 47.6 Å². The molecule has 1 saturated heterocycles. The molecular formula is C9H18BNO3. The number of carbonyl (C=O) groups excluding carboxylic acids is 1. The summed E-state index contributed by atoms with van der Waals surface area (Å²) >= 11 is 0. The maximum atomic E-state index is 10.7. The fraction of sp³-hybridized carbons (Fsp3) is 0.889. The normalized spacial score (nSPS) is 23.6. The summed E-state index contributed by atoms with van der Waals surface area (Å²) in [5.74, 6) is -0.0697. The second-order valence-electron chi connectivity index (χ2n) is 4.62. The summed E-state index contributed by atoms with van der Waals surface area (Å²) in [7, 11) is -0.344.